The van der Waals surface area contributed by atoms with Crippen molar-refractivity contribution < 1.29 is 14.4 Å². The van der Waals surface area contributed by atoms with Gasteiger partial charge in [-0.15, -0.1) is 0 Å². The number of amides is 4. The van der Waals surface area contributed by atoms with Crippen molar-refractivity contribution in [3.8, 4) is 0 Å². The summed E-state index contributed by atoms with van der Waals surface area (Å²) < 4.78 is 0. The van der Waals surface area contributed by atoms with Crippen molar-refractivity contribution in [3.63, 3.8) is 0 Å². The normalized spacial score (nSPS) is 22.7. The molecule has 2 atom stereocenters. The Bertz CT molecular complexity index is 366. The Kier molecular flexibility index (Phi) is 4.45. The molecule has 6 nitrogen and oxygen atoms in total. The molecule has 0 aromatic carbocycles. The maximum Gasteiger partial charge on any atom is 0.331 e. The third kappa shape index (κ3) is 2.87. The lowest BCUT2D eigenvalue weighted by molar-refractivity contribution is -0.145. The molecule has 1 aliphatic rings. The molecule has 6 heteroatoms. The molecule has 0 aromatic rings. The Balaban J connectivity index is 2.93. The van der Waals surface area contributed by atoms with Crippen LogP contribution in [0, 0.1) is 11.8 Å². The third-order valence-electron chi connectivity index (χ3n) is 2.97. The number of carbonyl (C=O) groups excluding carboxylic acids is 3. The lowest BCUT2D eigenvalue weighted by Gasteiger charge is -2.36. The van der Waals surface area contributed by atoms with Gasteiger partial charge in [0.2, 0.25) is 11.8 Å². The molecule has 0 radical (unpaired) electrons. The molecule has 1 N–H and O–H groups in total. The van der Waals surface area contributed by atoms with Crippen molar-refractivity contribution >= 4 is 17.8 Å². The molecule has 0 saturated carbocycles. The standard InChI is InChI=1S/C12H21N3O3/c1-7(2)9-10(16)13-12(18)15(11(9)17)8(3)6-14(4)5/h7-9H,6H2,1-5H3,(H,13,16,18). The number of hydrogen-bond acceptors (Lipinski definition) is 4. The second kappa shape index (κ2) is 5.48. The van der Waals surface area contributed by atoms with Gasteiger partial charge in [0.25, 0.3) is 0 Å². The second-order valence-electron chi connectivity index (χ2n) is 5.34. The minimum absolute atomic E-state index is 0.125. The van der Waals surface area contributed by atoms with Gasteiger partial charge in [0.05, 0.1) is 6.04 Å². The van der Waals surface area contributed by atoms with Crippen LogP contribution in [0.2, 0.25) is 0 Å². The Morgan fingerprint density at radius 3 is 2.22 bits per heavy atom. The van der Waals surface area contributed by atoms with Crippen LogP contribution in [0.25, 0.3) is 0 Å². The van der Waals surface area contributed by atoms with Gasteiger partial charge in [-0.2, -0.15) is 0 Å². The largest absolute Gasteiger partial charge is 0.331 e. The summed E-state index contributed by atoms with van der Waals surface area (Å²) in [5.41, 5.74) is 0. The maximum absolute atomic E-state index is 12.2. The van der Waals surface area contributed by atoms with Gasteiger partial charge in [-0.25, -0.2) is 4.79 Å². The Labute approximate surface area is 107 Å². The van der Waals surface area contributed by atoms with Crippen LogP contribution < -0.4 is 5.32 Å². The van der Waals surface area contributed by atoms with Crippen LogP contribution in [-0.4, -0.2) is 54.3 Å². The van der Waals surface area contributed by atoms with E-state index >= 15 is 0 Å². The molecule has 0 aliphatic carbocycles. The summed E-state index contributed by atoms with van der Waals surface area (Å²) in [6.45, 7) is 5.96. The van der Waals surface area contributed by atoms with E-state index in [-0.39, 0.29) is 12.0 Å². The van der Waals surface area contributed by atoms with Crippen molar-refractivity contribution in [1.82, 2.24) is 15.1 Å². The predicted octanol–water partition coefficient (Wildman–Crippen LogP) is 0.287. The summed E-state index contributed by atoms with van der Waals surface area (Å²) in [7, 11) is 3.74. The fourth-order valence-corrected chi connectivity index (χ4v) is 2.22. The highest BCUT2D eigenvalue weighted by Crippen LogP contribution is 2.20. The predicted molar refractivity (Wildman–Crippen MR) is 66.7 cm³/mol. The summed E-state index contributed by atoms with van der Waals surface area (Å²) in [6, 6.07) is -0.877. The molecule has 18 heavy (non-hydrogen) atoms. The number of urea groups is 1. The van der Waals surface area contributed by atoms with Crippen LogP contribution in [0.3, 0.4) is 0 Å². The SMILES string of the molecule is CC(C)C1C(=O)NC(=O)N(C(C)CN(C)C)C1=O. The zero-order chi connectivity index (χ0) is 14.0. The van der Waals surface area contributed by atoms with Crippen molar-refractivity contribution in [3.05, 3.63) is 0 Å². The fourth-order valence-electron chi connectivity index (χ4n) is 2.22. The van der Waals surface area contributed by atoms with E-state index in [0.717, 1.165) is 4.90 Å². The summed E-state index contributed by atoms with van der Waals surface area (Å²) in [4.78, 5) is 38.7. The number of likely N-dealkylation sites (N-methyl/N-ethyl adjacent to an activating group) is 1. The molecular formula is C12H21N3O3. The van der Waals surface area contributed by atoms with Crippen molar-refractivity contribution in [2.24, 2.45) is 11.8 Å². The minimum atomic E-state index is -0.771. The highest BCUT2D eigenvalue weighted by atomic mass is 16.2. The first-order valence-corrected chi connectivity index (χ1v) is 6.08. The zero-order valence-electron chi connectivity index (χ0n) is 11.6. The zero-order valence-corrected chi connectivity index (χ0v) is 11.6. The molecule has 1 fully saturated rings. The molecule has 1 aliphatic heterocycles. The number of imide groups is 2. The van der Waals surface area contributed by atoms with Gasteiger partial charge >= 0.3 is 6.03 Å². The molecule has 102 valence electrons. The summed E-state index contributed by atoms with van der Waals surface area (Å²) >= 11 is 0. The topological polar surface area (TPSA) is 69.7 Å². The van der Waals surface area contributed by atoms with Gasteiger partial charge in [0, 0.05) is 6.54 Å². The van der Waals surface area contributed by atoms with E-state index in [1.54, 1.807) is 20.8 Å². The van der Waals surface area contributed by atoms with Crippen LogP contribution in [0.1, 0.15) is 20.8 Å². The smallest absolute Gasteiger partial charge is 0.307 e. The Hall–Kier alpha value is -1.43. The average Bonchev–Trinajstić information content (AvgIpc) is 2.13. The first-order valence-electron chi connectivity index (χ1n) is 6.08. The third-order valence-corrected chi connectivity index (χ3v) is 2.97. The number of carbonyl (C=O) groups is 3. The van der Waals surface area contributed by atoms with E-state index in [0.29, 0.717) is 6.54 Å². The molecule has 1 saturated heterocycles. The number of nitrogens with zero attached hydrogens (tertiary/aromatic N) is 2. The summed E-state index contributed by atoms with van der Waals surface area (Å²) in [5.74, 6) is -1.78. The second-order valence-corrected chi connectivity index (χ2v) is 5.34. The van der Waals surface area contributed by atoms with Crippen molar-refractivity contribution in [2.45, 2.75) is 26.8 Å². The molecule has 0 bridgehead atoms. The fraction of sp³-hybridized carbons (Fsp3) is 0.750. The van der Waals surface area contributed by atoms with Gasteiger partial charge < -0.3 is 4.90 Å². The molecule has 2 unspecified atom stereocenters. The molecule has 0 spiro atoms. The number of nitrogens with one attached hydrogen (secondary N) is 1. The van der Waals surface area contributed by atoms with Crippen LogP contribution >= 0.6 is 0 Å². The van der Waals surface area contributed by atoms with Crippen molar-refractivity contribution in [1.29, 1.82) is 0 Å². The van der Waals surface area contributed by atoms with Crippen LogP contribution in [-0.2, 0) is 9.59 Å². The number of barbiturate groups is 1. The number of hydrogen-bond donors (Lipinski definition) is 1. The maximum atomic E-state index is 12.2. The molecule has 0 aromatic heterocycles. The van der Waals surface area contributed by atoms with E-state index in [9.17, 15) is 14.4 Å². The van der Waals surface area contributed by atoms with E-state index in [2.05, 4.69) is 5.32 Å². The van der Waals surface area contributed by atoms with Crippen molar-refractivity contribution in [2.75, 3.05) is 20.6 Å². The molecule has 4 amide bonds. The van der Waals surface area contributed by atoms with E-state index in [1.807, 2.05) is 19.0 Å². The van der Waals surface area contributed by atoms with Gasteiger partial charge in [0.15, 0.2) is 0 Å². The highest BCUT2D eigenvalue weighted by molar-refractivity contribution is 6.16. The minimum Gasteiger partial charge on any atom is -0.307 e. The lowest BCUT2D eigenvalue weighted by atomic mass is 9.91. The quantitative estimate of drug-likeness (QED) is 0.733. The van der Waals surface area contributed by atoms with E-state index in [1.165, 1.54) is 0 Å². The number of rotatable bonds is 4. The van der Waals surface area contributed by atoms with Crippen LogP contribution in [0.4, 0.5) is 4.79 Å². The van der Waals surface area contributed by atoms with Gasteiger partial charge in [-0.3, -0.25) is 19.8 Å². The molecule has 1 rings (SSSR count). The van der Waals surface area contributed by atoms with E-state index < -0.39 is 23.8 Å². The molecular weight excluding hydrogens is 234 g/mol. The van der Waals surface area contributed by atoms with Gasteiger partial charge in [-0.05, 0) is 26.9 Å². The summed E-state index contributed by atoms with van der Waals surface area (Å²) in [5, 5.41) is 2.25. The summed E-state index contributed by atoms with van der Waals surface area (Å²) in [6.07, 6.45) is 0. The Morgan fingerprint density at radius 2 is 1.78 bits per heavy atom. The van der Waals surface area contributed by atoms with Crippen LogP contribution in [0.5, 0.6) is 0 Å². The van der Waals surface area contributed by atoms with E-state index in [4.69, 9.17) is 0 Å². The first-order chi connectivity index (χ1) is 8.25. The lowest BCUT2D eigenvalue weighted by Crippen LogP contribution is -2.62. The first kappa shape index (κ1) is 14.6. The Morgan fingerprint density at radius 1 is 1.22 bits per heavy atom. The van der Waals surface area contributed by atoms with Crippen LogP contribution in [0.15, 0.2) is 0 Å². The molecule has 1 heterocycles. The highest BCUT2D eigenvalue weighted by Gasteiger charge is 2.43. The average molecular weight is 255 g/mol. The van der Waals surface area contributed by atoms with Gasteiger partial charge in [-0.1, -0.05) is 13.8 Å². The van der Waals surface area contributed by atoms with Gasteiger partial charge in [0.1, 0.15) is 5.92 Å². The monoisotopic (exact) mass is 255 g/mol.